The second-order valence-electron chi connectivity index (χ2n) is 14.8. The molecule has 0 N–H and O–H groups in total. The van der Waals surface area contributed by atoms with Crippen molar-refractivity contribution in [3.05, 3.63) is 63.0 Å². The van der Waals surface area contributed by atoms with Crippen LogP contribution in [0, 0.1) is 16.7 Å². The Hall–Kier alpha value is -2.12. The van der Waals surface area contributed by atoms with Gasteiger partial charge in [-0.3, -0.25) is 4.98 Å². The van der Waals surface area contributed by atoms with Gasteiger partial charge in [0.1, 0.15) is 6.10 Å². The average Bonchev–Trinajstić information content (AvgIpc) is 3.19. The van der Waals surface area contributed by atoms with Crippen molar-refractivity contribution < 1.29 is 26.8 Å². The number of nitriles is 1. The fourth-order valence-corrected chi connectivity index (χ4v) is 7.75. The molecular formula is C34H45F3N2O3S. The van der Waals surface area contributed by atoms with Gasteiger partial charge in [0.15, 0.2) is 0 Å². The molecule has 3 heterocycles. The molecule has 1 aliphatic carbocycles. The van der Waals surface area contributed by atoms with Crippen LogP contribution in [-0.2, 0) is 31.9 Å². The molecule has 1 aromatic carbocycles. The number of pyridine rings is 1. The average molecular weight is 619 g/mol. The summed E-state index contributed by atoms with van der Waals surface area (Å²) in [5.74, 6) is 0.0473. The molecule has 9 heteroatoms. The van der Waals surface area contributed by atoms with Gasteiger partial charge in [0, 0.05) is 53.3 Å². The number of halogens is 3. The van der Waals surface area contributed by atoms with Crippen molar-refractivity contribution in [3.63, 3.8) is 0 Å². The van der Waals surface area contributed by atoms with E-state index in [0.29, 0.717) is 31.6 Å². The van der Waals surface area contributed by atoms with Crippen LogP contribution in [-0.4, -0.2) is 35.5 Å². The largest absolute Gasteiger partial charge is 0.417 e. The Kier molecular flexibility index (Phi) is 8.07. The highest BCUT2D eigenvalue weighted by Gasteiger charge is 2.53. The van der Waals surface area contributed by atoms with Gasteiger partial charge in [0.05, 0.1) is 28.9 Å². The molecule has 2 aliphatic heterocycles. The second kappa shape index (κ2) is 10.8. The molecule has 3 aliphatic rings. The van der Waals surface area contributed by atoms with E-state index >= 15 is 0 Å². The Balaban J connectivity index is 1.79. The number of nitrogens with zero attached hydrogens (tertiary/aromatic N) is 2. The van der Waals surface area contributed by atoms with Crippen LogP contribution in [0.15, 0.2) is 18.2 Å². The van der Waals surface area contributed by atoms with Crippen LogP contribution in [0.5, 0.6) is 0 Å². The standard InChI is InChI=1S/C34H45F3N2O3S/c1-20(2)29-27-28(26-24(39-29)17-32(6,7)18-25(26)42-43(8,9)31(3,4)5)33(12-14-40-15-13-33)41-30(27)21-10-11-23(34(35,36)37)22(16-21)19-38/h10-11,16,20,25,30H,12-15,17-18H2,1-9H3. The minimum absolute atomic E-state index is 0.0304. The zero-order chi connectivity index (χ0) is 31.8. The lowest BCUT2D eigenvalue weighted by molar-refractivity contribution is -0.138. The minimum Gasteiger partial charge on any atom is -0.381 e. The SMILES string of the molecule is CC(C)c1nc2c(c3c1C(c1ccc(C(F)(F)F)c(C#N)c1)OC31CCOCC1)C(OS(C)(C)C(C)(C)C)CC(C)(C)C2. The van der Waals surface area contributed by atoms with E-state index in [2.05, 4.69) is 61.0 Å². The molecule has 2 aromatic rings. The number of rotatable bonds is 4. The topological polar surface area (TPSA) is 64.4 Å². The van der Waals surface area contributed by atoms with Crippen LogP contribution in [0.4, 0.5) is 13.2 Å². The summed E-state index contributed by atoms with van der Waals surface area (Å²) in [7, 11) is -1.51. The summed E-state index contributed by atoms with van der Waals surface area (Å²) in [6.07, 6.45) is 1.85. The maximum atomic E-state index is 13.7. The van der Waals surface area contributed by atoms with Gasteiger partial charge in [0.25, 0.3) is 0 Å². The van der Waals surface area contributed by atoms with Crippen LogP contribution in [0.25, 0.3) is 0 Å². The number of alkyl halides is 3. The zero-order valence-corrected chi connectivity index (χ0v) is 27.7. The maximum Gasteiger partial charge on any atom is 0.417 e. The third-order valence-corrected chi connectivity index (χ3v) is 13.3. The van der Waals surface area contributed by atoms with E-state index in [0.717, 1.165) is 47.0 Å². The summed E-state index contributed by atoms with van der Waals surface area (Å²) < 4.78 is 61.2. The van der Waals surface area contributed by atoms with E-state index in [1.165, 1.54) is 12.1 Å². The van der Waals surface area contributed by atoms with Crippen LogP contribution in [0.3, 0.4) is 0 Å². The van der Waals surface area contributed by atoms with E-state index in [4.69, 9.17) is 18.6 Å². The first-order valence-electron chi connectivity index (χ1n) is 15.2. The Bertz CT molecular complexity index is 1450. The number of benzene rings is 1. The molecule has 0 bridgehead atoms. The molecule has 2 atom stereocenters. The third-order valence-electron chi connectivity index (χ3n) is 9.60. The van der Waals surface area contributed by atoms with Gasteiger partial charge in [-0.1, -0.05) is 54.5 Å². The van der Waals surface area contributed by atoms with E-state index in [9.17, 15) is 18.4 Å². The summed E-state index contributed by atoms with van der Waals surface area (Å²) in [6, 6.07) is 5.60. The Morgan fingerprint density at radius 2 is 1.74 bits per heavy atom. The summed E-state index contributed by atoms with van der Waals surface area (Å²) in [4.78, 5) is 5.35. The molecule has 236 valence electrons. The Labute approximate surface area is 256 Å². The molecule has 1 saturated heterocycles. The normalized spacial score (nSPS) is 23.6. The lowest BCUT2D eigenvalue weighted by atomic mass is 9.70. The molecule has 1 aromatic heterocycles. The quantitative estimate of drug-likeness (QED) is 0.342. The summed E-state index contributed by atoms with van der Waals surface area (Å²) in [5, 5.41) is 9.71. The molecule has 1 fully saturated rings. The summed E-state index contributed by atoms with van der Waals surface area (Å²) in [5.41, 5.74) is 3.53. The first-order chi connectivity index (χ1) is 19.8. The van der Waals surface area contributed by atoms with Crippen molar-refractivity contribution in [2.24, 2.45) is 5.41 Å². The van der Waals surface area contributed by atoms with Gasteiger partial charge in [-0.05, 0) is 59.9 Å². The Morgan fingerprint density at radius 1 is 1.09 bits per heavy atom. The minimum atomic E-state index is -4.62. The van der Waals surface area contributed by atoms with Crippen molar-refractivity contribution in [2.75, 3.05) is 25.7 Å². The fraction of sp³-hybridized carbons (Fsp3) is 0.647. The molecule has 5 rings (SSSR count). The first kappa shape index (κ1) is 32.3. The maximum absolute atomic E-state index is 13.7. The van der Waals surface area contributed by atoms with Crippen molar-refractivity contribution in [2.45, 2.75) is 109 Å². The van der Waals surface area contributed by atoms with Crippen molar-refractivity contribution in [3.8, 4) is 6.07 Å². The molecule has 2 unspecified atom stereocenters. The first-order valence-corrected chi connectivity index (χ1v) is 17.5. The van der Waals surface area contributed by atoms with Gasteiger partial charge in [0.2, 0.25) is 0 Å². The van der Waals surface area contributed by atoms with Gasteiger partial charge in [-0.25, -0.2) is 0 Å². The summed E-state index contributed by atoms with van der Waals surface area (Å²) >= 11 is 0. The van der Waals surface area contributed by atoms with Gasteiger partial charge >= 0.3 is 6.18 Å². The number of hydrogen-bond acceptors (Lipinski definition) is 5. The van der Waals surface area contributed by atoms with Crippen LogP contribution in [0.1, 0.15) is 131 Å². The lowest BCUT2D eigenvalue weighted by Gasteiger charge is -2.49. The van der Waals surface area contributed by atoms with Crippen LogP contribution < -0.4 is 0 Å². The smallest absolute Gasteiger partial charge is 0.381 e. The molecule has 0 saturated carbocycles. The molecule has 5 nitrogen and oxygen atoms in total. The highest BCUT2D eigenvalue weighted by atomic mass is 32.3. The number of aromatic nitrogens is 1. The predicted octanol–water partition coefficient (Wildman–Crippen LogP) is 9.03. The van der Waals surface area contributed by atoms with Crippen molar-refractivity contribution in [1.82, 2.24) is 4.98 Å². The van der Waals surface area contributed by atoms with Crippen LogP contribution in [0.2, 0.25) is 0 Å². The molecule has 0 radical (unpaired) electrons. The second-order valence-corrected chi connectivity index (χ2v) is 18.7. The van der Waals surface area contributed by atoms with Crippen molar-refractivity contribution >= 4 is 10.3 Å². The van der Waals surface area contributed by atoms with E-state index in [-0.39, 0.29) is 22.2 Å². The number of hydrogen-bond donors (Lipinski definition) is 0. The predicted molar refractivity (Wildman–Crippen MR) is 164 cm³/mol. The lowest BCUT2D eigenvalue weighted by Crippen LogP contribution is -2.38. The van der Waals surface area contributed by atoms with Crippen LogP contribution >= 0.6 is 10.3 Å². The van der Waals surface area contributed by atoms with E-state index in [1.54, 1.807) is 6.07 Å². The molecule has 1 spiro atoms. The van der Waals surface area contributed by atoms with Crippen molar-refractivity contribution in [1.29, 1.82) is 5.26 Å². The van der Waals surface area contributed by atoms with Gasteiger partial charge in [-0.15, -0.1) is 10.3 Å². The highest BCUT2D eigenvalue weighted by Crippen LogP contribution is 2.63. The molecular weight excluding hydrogens is 573 g/mol. The molecule has 43 heavy (non-hydrogen) atoms. The molecule has 0 amide bonds. The summed E-state index contributed by atoms with van der Waals surface area (Å²) in [6.45, 7) is 16.4. The van der Waals surface area contributed by atoms with E-state index in [1.807, 2.05) is 0 Å². The number of fused-ring (bicyclic) bond motifs is 4. The van der Waals surface area contributed by atoms with E-state index < -0.39 is 39.3 Å². The Morgan fingerprint density at radius 3 is 2.30 bits per heavy atom. The number of ether oxygens (including phenoxy) is 2. The zero-order valence-electron chi connectivity index (χ0n) is 26.9. The third kappa shape index (κ3) is 5.74. The van der Waals surface area contributed by atoms with Gasteiger partial charge in [-0.2, -0.15) is 18.4 Å². The fourth-order valence-electron chi connectivity index (χ4n) is 6.72. The highest BCUT2D eigenvalue weighted by molar-refractivity contribution is 8.29. The monoisotopic (exact) mass is 618 g/mol. The van der Waals surface area contributed by atoms with Gasteiger partial charge < -0.3 is 13.7 Å².